The van der Waals surface area contributed by atoms with Crippen LogP contribution < -0.4 is 15.4 Å². The van der Waals surface area contributed by atoms with Gasteiger partial charge in [-0.15, -0.1) is 0 Å². The van der Waals surface area contributed by atoms with E-state index in [0.717, 1.165) is 74.3 Å². The summed E-state index contributed by atoms with van der Waals surface area (Å²) in [6.07, 6.45) is 3.01. The number of aryl methyl sites for hydroxylation is 1. The molecule has 1 aliphatic heterocycles. The van der Waals surface area contributed by atoms with Crippen molar-refractivity contribution in [3.8, 4) is 5.75 Å². The maximum Gasteiger partial charge on any atom is 0.191 e. The molecule has 2 heterocycles. The molecule has 0 saturated carbocycles. The molecule has 0 aliphatic carbocycles. The lowest BCUT2D eigenvalue weighted by atomic mass is 10.0. The summed E-state index contributed by atoms with van der Waals surface area (Å²) in [6.45, 7) is 16.6. The topological polar surface area (TPSA) is 71.0 Å². The lowest BCUT2D eigenvalue weighted by Crippen LogP contribution is -2.51. The molecule has 0 radical (unpaired) electrons. The number of aliphatic imine (C=N–C) groups is 1. The number of pyridine rings is 1. The molecule has 1 aromatic heterocycles. The second-order valence-electron chi connectivity index (χ2n) is 8.05. The van der Waals surface area contributed by atoms with Crippen molar-refractivity contribution in [2.45, 2.75) is 53.6 Å². The van der Waals surface area contributed by atoms with Gasteiger partial charge in [0.05, 0.1) is 32.6 Å². The van der Waals surface area contributed by atoms with E-state index in [1.807, 2.05) is 20.0 Å². The summed E-state index contributed by atoms with van der Waals surface area (Å²) in [5.74, 6) is 2.37. The average molecular weight is 406 g/mol. The Balaban J connectivity index is 2.05. The number of hydrogen-bond acceptors (Lipinski definition) is 5. The molecule has 29 heavy (non-hydrogen) atoms. The molecule has 164 valence electrons. The highest BCUT2D eigenvalue weighted by atomic mass is 16.5. The van der Waals surface area contributed by atoms with Crippen molar-refractivity contribution in [3.63, 3.8) is 0 Å². The Labute approximate surface area is 176 Å². The van der Waals surface area contributed by atoms with E-state index in [4.69, 9.17) is 14.5 Å². The summed E-state index contributed by atoms with van der Waals surface area (Å²) in [7, 11) is 1.70. The fourth-order valence-electron chi connectivity index (χ4n) is 3.79. The van der Waals surface area contributed by atoms with E-state index in [9.17, 15) is 0 Å². The van der Waals surface area contributed by atoms with Crippen LogP contribution in [0.25, 0.3) is 0 Å². The Kier molecular flexibility index (Phi) is 9.67. The molecular weight excluding hydrogens is 366 g/mol. The van der Waals surface area contributed by atoms with E-state index in [-0.39, 0.29) is 0 Å². The van der Waals surface area contributed by atoms with E-state index < -0.39 is 0 Å². The van der Waals surface area contributed by atoms with Crippen molar-refractivity contribution < 1.29 is 9.47 Å². The second kappa shape index (κ2) is 12.0. The van der Waals surface area contributed by atoms with Crippen LogP contribution in [0.1, 0.15) is 44.0 Å². The monoisotopic (exact) mass is 405 g/mol. The lowest BCUT2D eigenvalue weighted by molar-refractivity contribution is 0.0132. The van der Waals surface area contributed by atoms with Crippen LogP contribution in [0.15, 0.2) is 11.2 Å². The largest absolute Gasteiger partial charge is 0.496 e. The van der Waals surface area contributed by atoms with Crippen LogP contribution in [0.4, 0.5) is 0 Å². The SMILES string of the molecule is CCNC(=NCc1ncc(C)c(OC)c1C)NCC(CC(C)C)N1CCOCC1. The van der Waals surface area contributed by atoms with Gasteiger partial charge in [-0.05, 0) is 33.1 Å². The molecule has 0 amide bonds. The van der Waals surface area contributed by atoms with Crippen molar-refractivity contribution in [2.24, 2.45) is 10.9 Å². The molecule has 7 nitrogen and oxygen atoms in total. The van der Waals surface area contributed by atoms with E-state index in [2.05, 4.69) is 41.3 Å². The molecule has 1 saturated heterocycles. The Morgan fingerprint density at radius 1 is 1.28 bits per heavy atom. The minimum Gasteiger partial charge on any atom is -0.496 e. The van der Waals surface area contributed by atoms with E-state index in [1.165, 1.54) is 0 Å². The lowest BCUT2D eigenvalue weighted by Gasteiger charge is -2.35. The molecule has 0 spiro atoms. The smallest absolute Gasteiger partial charge is 0.191 e. The number of nitrogens with one attached hydrogen (secondary N) is 2. The second-order valence-corrected chi connectivity index (χ2v) is 8.05. The molecule has 1 atom stereocenters. The summed E-state index contributed by atoms with van der Waals surface area (Å²) in [5, 5.41) is 6.91. The van der Waals surface area contributed by atoms with Crippen LogP contribution in [0, 0.1) is 19.8 Å². The zero-order valence-electron chi connectivity index (χ0n) is 19.0. The number of ether oxygens (including phenoxy) is 2. The number of guanidine groups is 1. The van der Waals surface area contributed by atoms with Crippen molar-refractivity contribution in [1.82, 2.24) is 20.5 Å². The predicted octanol–water partition coefficient (Wildman–Crippen LogP) is 2.51. The Bertz CT molecular complexity index is 657. The Morgan fingerprint density at radius 2 is 2.00 bits per heavy atom. The summed E-state index contributed by atoms with van der Waals surface area (Å²) in [4.78, 5) is 11.9. The first-order chi connectivity index (χ1) is 14.0. The predicted molar refractivity (Wildman–Crippen MR) is 119 cm³/mol. The number of aromatic nitrogens is 1. The van der Waals surface area contributed by atoms with Gasteiger partial charge < -0.3 is 20.1 Å². The third kappa shape index (κ3) is 7.16. The zero-order valence-corrected chi connectivity index (χ0v) is 19.0. The van der Waals surface area contributed by atoms with Crippen molar-refractivity contribution in [2.75, 3.05) is 46.5 Å². The molecule has 2 rings (SSSR count). The maximum atomic E-state index is 5.53. The van der Waals surface area contributed by atoms with E-state index in [1.54, 1.807) is 7.11 Å². The first-order valence-electron chi connectivity index (χ1n) is 10.8. The first-order valence-corrected chi connectivity index (χ1v) is 10.8. The van der Waals surface area contributed by atoms with Gasteiger partial charge in [-0.25, -0.2) is 4.99 Å². The number of methoxy groups -OCH3 is 1. The van der Waals surface area contributed by atoms with Crippen LogP contribution in [0.5, 0.6) is 5.75 Å². The standard InChI is InChI=1S/C22H39N5O2/c1-7-23-22(26-15-20-18(5)21(28-6)17(4)13-24-20)25-14-19(12-16(2)3)27-8-10-29-11-9-27/h13,16,19H,7-12,14-15H2,1-6H3,(H2,23,25,26). The van der Waals surface area contributed by atoms with Gasteiger partial charge in [0.25, 0.3) is 0 Å². The highest BCUT2D eigenvalue weighted by Crippen LogP contribution is 2.24. The number of hydrogen-bond donors (Lipinski definition) is 2. The fraction of sp³-hybridized carbons (Fsp3) is 0.727. The minimum absolute atomic E-state index is 0.474. The molecule has 2 N–H and O–H groups in total. The van der Waals surface area contributed by atoms with Crippen LogP contribution in [-0.2, 0) is 11.3 Å². The van der Waals surface area contributed by atoms with Crippen LogP contribution in [0.2, 0.25) is 0 Å². The van der Waals surface area contributed by atoms with Gasteiger partial charge in [0.2, 0.25) is 0 Å². The fourth-order valence-corrected chi connectivity index (χ4v) is 3.79. The summed E-state index contributed by atoms with van der Waals surface area (Å²) in [6, 6.07) is 0.474. The van der Waals surface area contributed by atoms with Gasteiger partial charge in [0.1, 0.15) is 5.75 Å². The minimum atomic E-state index is 0.474. The summed E-state index contributed by atoms with van der Waals surface area (Å²) < 4.78 is 11.0. The van der Waals surface area contributed by atoms with Crippen molar-refractivity contribution in [1.29, 1.82) is 0 Å². The number of morpholine rings is 1. The van der Waals surface area contributed by atoms with Crippen LogP contribution in [0.3, 0.4) is 0 Å². The van der Waals surface area contributed by atoms with Gasteiger partial charge in [0.15, 0.2) is 5.96 Å². The quantitative estimate of drug-likeness (QED) is 0.486. The molecule has 1 aromatic rings. The van der Waals surface area contributed by atoms with E-state index in [0.29, 0.717) is 18.5 Å². The maximum absolute atomic E-state index is 5.53. The first kappa shape index (κ1) is 23.4. The molecule has 1 unspecified atom stereocenters. The molecule has 7 heteroatoms. The third-order valence-electron chi connectivity index (χ3n) is 5.29. The van der Waals surface area contributed by atoms with Crippen LogP contribution >= 0.6 is 0 Å². The summed E-state index contributed by atoms with van der Waals surface area (Å²) >= 11 is 0. The molecule has 0 aromatic carbocycles. The van der Waals surface area contributed by atoms with Gasteiger partial charge in [0, 0.05) is 49.5 Å². The molecule has 1 fully saturated rings. The number of nitrogens with zero attached hydrogens (tertiary/aromatic N) is 3. The molecule has 1 aliphatic rings. The Hall–Kier alpha value is -1.86. The molecular formula is C22H39N5O2. The summed E-state index contributed by atoms with van der Waals surface area (Å²) in [5.41, 5.74) is 3.04. The van der Waals surface area contributed by atoms with Gasteiger partial charge in [-0.1, -0.05) is 13.8 Å². The normalized spacial score (nSPS) is 16.7. The van der Waals surface area contributed by atoms with Crippen LogP contribution in [-0.4, -0.2) is 68.4 Å². The number of rotatable bonds is 9. The highest BCUT2D eigenvalue weighted by molar-refractivity contribution is 5.79. The van der Waals surface area contributed by atoms with Gasteiger partial charge in [-0.2, -0.15) is 0 Å². The van der Waals surface area contributed by atoms with Gasteiger partial charge >= 0.3 is 0 Å². The van der Waals surface area contributed by atoms with Crippen molar-refractivity contribution >= 4 is 5.96 Å². The highest BCUT2D eigenvalue weighted by Gasteiger charge is 2.22. The van der Waals surface area contributed by atoms with Crippen molar-refractivity contribution in [3.05, 3.63) is 23.0 Å². The Morgan fingerprint density at radius 3 is 2.62 bits per heavy atom. The van der Waals surface area contributed by atoms with E-state index >= 15 is 0 Å². The average Bonchev–Trinajstić information content (AvgIpc) is 2.71. The molecule has 0 bridgehead atoms. The third-order valence-corrected chi connectivity index (χ3v) is 5.29. The van der Waals surface area contributed by atoms with Gasteiger partial charge in [-0.3, -0.25) is 9.88 Å². The zero-order chi connectivity index (χ0) is 21.2.